The van der Waals surface area contributed by atoms with Gasteiger partial charge in [-0.2, -0.15) is 0 Å². The van der Waals surface area contributed by atoms with Gasteiger partial charge in [0.15, 0.2) is 5.76 Å². The topological polar surface area (TPSA) is 63.0 Å². The van der Waals surface area contributed by atoms with E-state index < -0.39 is 0 Å². The van der Waals surface area contributed by atoms with Gasteiger partial charge in [-0.25, -0.2) is 4.39 Å². The van der Waals surface area contributed by atoms with Crippen LogP contribution in [0.25, 0.3) is 0 Å². The van der Waals surface area contributed by atoms with Crippen molar-refractivity contribution in [3.8, 4) is 5.75 Å². The standard InChI is InChI=1S/C24H29FN2O4/c1-17-3-2-12-27(15-17)23(28)18-10-13-26(14-11-18)24(29)22-9-8-21(31-22)16-30-20-6-4-19(25)5-7-20/h4-9,17-18H,2-3,10-16H2,1H3. The molecular formula is C24H29FN2O4. The number of nitrogens with zero attached hydrogens (tertiary/aromatic N) is 2. The van der Waals surface area contributed by atoms with E-state index in [1.807, 2.05) is 4.90 Å². The molecule has 31 heavy (non-hydrogen) atoms. The van der Waals surface area contributed by atoms with Gasteiger partial charge in [-0.05, 0) is 68.0 Å². The average molecular weight is 429 g/mol. The fraction of sp³-hybridized carbons (Fsp3) is 0.500. The molecule has 0 bridgehead atoms. The third-order valence-corrected chi connectivity index (χ3v) is 6.17. The maximum Gasteiger partial charge on any atom is 0.289 e. The fourth-order valence-electron chi connectivity index (χ4n) is 4.39. The number of likely N-dealkylation sites (tertiary alicyclic amines) is 2. The van der Waals surface area contributed by atoms with Gasteiger partial charge in [-0.3, -0.25) is 9.59 Å². The van der Waals surface area contributed by atoms with E-state index in [1.54, 1.807) is 29.2 Å². The zero-order valence-corrected chi connectivity index (χ0v) is 17.9. The number of furan rings is 1. The summed E-state index contributed by atoms with van der Waals surface area (Å²) in [5, 5.41) is 0. The molecule has 6 nitrogen and oxygen atoms in total. The summed E-state index contributed by atoms with van der Waals surface area (Å²) in [4.78, 5) is 29.4. The molecule has 0 spiro atoms. The minimum atomic E-state index is -0.325. The molecule has 166 valence electrons. The fourth-order valence-corrected chi connectivity index (χ4v) is 4.39. The second-order valence-corrected chi connectivity index (χ2v) is 8.61. The van der Waals surface area contributed by atoms with E-state index in [-0.39, 0.29) is 35.9 Å². The van der Waals surface area contributed by atoms with Crippen LogP contribution < -0.4 is 4.74 Å². The van der Waals surface area contributed by atoms with Gasteiger partial charge >= 0.3 is 0 Å². The van der Waals surface area contributed by atoms with Crippen molar-refractivity contribution in [2.45, 2.75) is 39.2 Å². The molecule has 3 heterocycles. The Bertz CT molecular complexity index is 903. The number of carbonyl (C=O) groups is 2. The number of carbonyl (C=O) groups excluding carboxylic acids is 2. The predicted molar refractivity (Wildman–Crippen MR) is 113 cm³/mol. The third-order valence-electron chi connectivity index (χ3n) is 6.17. The van der Waals surface area contributed by atoms with Gasteiger partial charge in [0.25, 0.3) is 5.91 Å². The molecule has 4 rings (SSSR count). The highest BCUT2D eigenvalue weighted by atomic mass is 19.1. The van der Waals surface area contributed by atoms with E-state index in [4.69, 9.17) is 9.15 Å². The molecule has 2 aromatic rings. The van der Waals surface area contributed by atoms with Crippen molar-refractivity contribution in [3.05, 3.63) is 53.7 Å². The highest BCUT2D eigenvalue weighted by molar-refractivity contribution is 5.91. The Morgan fingerprint density at radius 3 is 2.48 bits per heavy atom. The zero-order valence-electron chi connectivity index (χ0n) is 17.9. The Morgan fingerprint density at radius 2 is 1.77 bits per heavy atom. The Hall–Kier alpha value is -2.83. The van der Waals surface area contributed by atoms with Crippen molar-refractivity contribution in [2.75, 3.05) is 26.2 Å². The molecule has 0 radical (unpaired) electrons. The number of hydrogen-bond donors (Lipinski definition) is 0. The van der Waals surface area contributed by atoms with Crippen LogP contribution in [-0.4, -0.2) is 47.8 Å². The smallest absolute Gasteiger partial charge is 0.289 e. The largest absolute Gasteiger partial charge is 0.486 e. The average Bonchev–Trinajstić information content (AvgIpc) is 3.27. The van der Waals surface area contributed by atoms with Crippen LogP contribution in [0.15, 0.2) is 40.8 Å². The summed E-state index contributed by atoms with van der Waals surface area (Å²) >= 11 is 0. The SMILES string of the molecule is CC1CCCN(C(=O)C2CCN(C(=O)c3ccc(COc4ccc(F)cc4)o3)CC2)C1. The molecule has 0 saturated carbocycles. The van der Waals surface area contributed by atoms with Gasteiger partial charge in [-0.1, -0.05) is 6.92 Å². The summed E-state index contributed by atoms with van der Waals surface area (Å²) in [6, 6.07) is 9.10. The minimum Gasteiger partial charge on any atom is -0.486 e. The van der Waals surface area contributed by atoms with E-state index in [2.05, 4.69) is 6.92 Å². The van der Waals surface area contributed by atoms with Crippen LogP contribution in [0.1, 0.15) is 48.9 Å². The first-order valence-corrected chi connectivity index (χ1v) is 11.0. The summed E-state index contributed by atoms with van der Waals surface area (Å²) in [6.45, 7) is 5.18. The predicted octanol–water partition coefficient (Wildman–Crippen LogP) is 4.11. The van der Waals surface area contributed by atoms with Gasteiger partial charge in [0.2, 0.25) is 5.91 Å². The van der Waals surface area contributed by atoms with Crippen LogP contribution in [0.3, 0.4) is 0 Å². The van der Waals surface area contributed by atoms with Crippen LogP contribution in [0.2, 0.25) is 0 Å². The zero-order chi connectivity index (χ0) is 21.8. The lowest BCUT2D eigenvalue weighted by molar-refractivity contribution is -0.138. The van der Waals surface area contributed by atoms with Gasteiger partial charge < -0.3 is 19.0 Å². The van der Waals surface area contributed by atoms with Crippen molar-refractivity contribution in [1.29, 1.82) is 0 Å². The number of hydrogen-bond acceptors (Lipinski definition) is 4. The first-order valence-electron chi connectivity index (χ1n) is 11.0. The summed E-state index contributed by atoms with van der Waals surface area (Å²) in [5.74, 6) is 1.66. The number of piperidine rings is 2. The molecule has 1 aromatic carbocycles. The summed E-state index contributed by atoms with van der Waals surface area (Å²) in [5.41, 5.74) is 0. The van der Waals surface area contributed by atoms with Crippen LogP contribution in [-0.2, 0) is 11.4 Å². The number of ether oxygens (including phenoxy) is 1. The van der Waals surface area contributed by atoms with Crippen LogP contribution in [0.4, 0.5) is 4.39 Å². The van der Waals surface area contributed by atoms with Gasteiger partial charge in [-0.15, -0.1) is 0 Å². The summed E-state index contributed by atoms with van der Waals surface area (Å²) in [7, 11) is 0. The van der Waals surface area contributed by atoms with E-state index in [9.17, 15) is 14.0 Å². The van der Waals surface area contributed by atoms with Gasteiger partial charge in [0.05, 0.1) is 0 Å². The minimum absolute atomic E-state index is 0.00520. The molecule has 2 aliphatic heterocycles. The monoisotopic (exact) mass is 428 g/mol. The molecule has 1 unspecified atom stereocenters. The number of halogens is 1. The first-order chi connectivity index (χ1) is 15.0. The molecule has 1 atom stereocenters. The third kappa shape index (κ3) is 5.27. The number of benzene rings is 1. The lowest BCUT2D eigenvalue weighted by atomic mass is 9.92. The van der Waals surface area contributed by atoms with Crippen molar-refractivity contribution in [3.63, 3.8) is 0 Å². The van der Waals surface area contributed by atoms with E-state index in [1.165, 1.54) is 18.6 Å². The van der Waals surface area contributed by atoms with Crippen molar-refractivity contribution in [1.82, 2.24) is 9.80 Å². The molecule has 0 N–H and O–H groups in total. The van der Waals surface area contributed by atoms with E-state index >= 15 is 0 Å². The molecule has 0 aliphatic carbocycles. The maximum absolute atomic E-state index is 13.0. The Balaban J connectivity index is 1.27. The lowest BCUT2D eigenvalue weighted by Gasteiger charge is -2.37. The second-order valence-electron chi connectivity index (χ2n) is 8.61. The van der Waals surface area contributed by atoms with Crippen molar-refractivity contribution >= 4 is 11.8 Å². The Labute approximate surface area is 182 Å². The molecule has 2 aliphatic rings. The first kappa shape index (κ1) is 21.4. The summed E-state index contributed by atoms with van der Waals surface area (Å²) in [6.07, 6.45) is 3.65. The normalized spacial score (nSPS) is 20.0. The molecule has 7 heteroatoms. The van der Waals surface area contributed by atoms with E-state index in [0.29, 0.717) is 43.4 Å². The molecule has 2 fully saturated rings. The highest BCUT2D eigenvalue weighted by Crippen LogP contribution is 2.25. The molecule has 2 amide bonds. The lowest BCUT2D eigenvalue weighted by Crippen LogP contribution is -2.46. The van der Waals surface area contributed by atoms with Gasteiger partial charge in [0, 0.05) is 32.1 Å². The molecule has 2 saturated heterocycles. The second kappa shape index (κ2) is 9.54. The van der Waals surface area contributed by atoms with Gasteiger partial charge in [0.1, 0.15) is 23.9 Å². The van der Waals surface area contributed by atoms with Crippen LogP contribution >= 0.6 is 0 Å². The van der Waals surface area contributed by atoms with Crippen molar-refractivity contribution < 1.29 is 23.1 Å². The molecule has 1 aromatic heterocycles. The van der Waals surface area contributed by atoms with Crippen LogP contribution in [0.5, 0.6) is 5.75 Å². The Morgan fingerprint density at radius 1 is 1.03 bits per heavy atom. The number of rotatable bonds is 5. The summed E-state index contributed by atoms with van der Waals surface area (Å²) < 4.78 is 24.2. The van der Waals surface area contributed by atoms with E-state index in [0.717, 1.165) is 19.5 Å². The molecular weight excluding hydrogens is 399 g/mol. The number of amides is 2. The Kier molecular flexibility index (Phi) is 6.59. The maximum atomic E-state index is 13.0. The van der Waals surface area contributed by atoms with Crippen LogP contribution in [0, 0.1) is 17.7 Å². The quantitative estimate of drug-likeness (QED) is 0.719. The highest BCUT2D eigenvalue weighted by Gasteiger charge is 2.32. The van der Waals surface area contributed by atoms with Crippen molar-refractivity contribution in [2.24, 2.45) is 11.8 Å².